The first-order chi connectivity index (χ1) is 22.2. The zero-order chi connectivity index (χ0) is 32.1. The molecule has 1 N–H and O–H groups in total. The SMILES string of the molecule is Cc1c2c(nn1C)CSCc1cc(n(C)n1)CSc1cc(c3ccccc3c1)OCCCc1c(C(=O)O)n(C)c3c-2c(Cl)ccc13. The first-order valence-corrected chi connectivity index (χ1v) is 17.7. The number of rotatable bonds is 1. The second-order valence-corrected chi connectivity index (χ2v) is 14.1. The van der Waals surface area contributed by atoms with Crippen molar-refractivity contribution >= 4 is 62.8 Å². The number of thioether (sulfide) groups is 2. The molecule has 1 aliphatic rings. The van der Waals surface area contributed by atoms with E-state index in [2.05, 4.69) is 30.3 Å². The Morgan fingerprint density at radius 2 is 1.78 bits per heavy atom. The number of benzene rings is 3. The molecule has 0 spiro atoms. The van der Waals surface area contributed by atoms with Gasteiger partial charge in [-0.3, -0.25) is 9.36 Å². The van der Waals surface area contributed by atoms with Crippen molar-refractivity contribution in [1.82, 2.24) is 24.1 Å². The first-order valence-electron chi connectivity index (χ1n) is 15.1. The van der Waals surface area contributed by atoms with E-state index in [1.54, 1.807) is 28.1 Å². The summed E-state index contributed by atoms with van der Waals surface area (Å²) < 4.78 is 12.1. The Morgan fingerprint density at radius 1 is 0.957 bits per heavy atom. The lowest BCUT2D eigenvalue weighted by molar-refractivity contribution is 0.0685. The Hall–Kier alpha value is -3.86. The van der Waals surface area contributed by atoms with Crippen LogP contribution in [0.25, 0.3) is 32.8 Å². The summed E-state index contributed by atoms with van der Waals surface area (Å²) in [4.78, 5) is 13.8. The van der Waals surface area contributed by atoms with E-state index in [1.165, 1.54) is 0 Å². The largest absolute Gasteiger partial charge is 0.493 e. The zero-order valence-electron chi connectivity index (χ0n) is 26.1. The van der Waals surface area contributed by atoms with Crippen LogP contribution in [0.4, 0.5) is 0 Å². The molecule has 46 heavy (non-hydrogen) atoms. The van der Waals surface area contributed by atoms with Crippen molar-refractivity contribution in [3.05, 3.63) is 93.7 Å². The first kappa shape index (κ1) is 30.8. The molecule has 0 fully saturated rings. The summed E-state index contributed by atoms with van der Waals surface area (Å²) in [5.74, 6) is 2.04. The highest BCUT2D eigenvalue weighted by Gasteiger charge is 2.27. The van der Waals surface area contributed by atoms with E-state index >= 15 is 0 Å². The van der Waals surface area contributed by atoms with Gasteiger partial charge < -0.3 is 14.4 Å². The van der Waals surface area contributed by atoms with E-state index in [0.29, 0.717) is 30.2 Å². The molecule has 0 radical (unpaired) electrons. The van der Waals surface area contributed by atoms with Crippen LogP contribution in [-0.2, 0) is 44.8 Å². The highest BCUT2D eigenvalue weighted by atomic mass is 35.5. The Kier molecular flexibility index (Phi) is 8.29. The molecular formula is C35H34ClN5O3S2. The highest BCUT2D eigenvalue weighted by molar-refractivity contribution is 7.98. The fourth-order valence-electron chi connectivity index (χ4n) is 6.54. The standard InChI is InChI=1S/C35H34ClN5O3S2/c1-20-31-29(38-40(20)3)19-45-17-22-15-23(41(4)37-22)18-46-24-14-21-8-5-6-9-25(21)30(16-24)44-13-7-10-26-27-11-12-28(36)32(31)33(27)39(2)34(26)35(42)43/h5-6,8-9,11-12,14-16H,7,10,13,17-19H2,1-4H3,(H,42,43). The summed E-state index contributed by atoms with van der Waals surface area (Å²) in [6.07, 6.45) is 1.19. The van der Waals surface area contributed by atoms with Gasteiger partial charge in [0.25, 0.3) is 0 Å². The number of carboxylic acids is 1. The Morgan fingerprint density at radius 3 is 2.61 bits per heavy atom. The van der Waals surface area contributed by atoms with Crippen molar-refractivity contribution in [2.24, 2.45) is 21.1 Å². The van der Waals surface area contributed by atoms with Gasteiger partial charge in [0.2, 0.25) is 0 Å². The fraction of sp³-hybridized carbons (Fsp3) is 0.286. The van der Waals surface area contributed by atoms with Crippen LogP contribution in [0.3, 0.4) is 0 Å². The molecule has 8 bridgehead atoms. The molecule has 0 unspecified atom stereocenters. The van der Waals surface area contributed by atoms with Crippen molar-refractivity contribution in [1.29, 1.82) is 0 Å². The van der Waals surface area contributed by atoms with Crippen LogP contribution >= 0.6 is 35.1 Å². The van der Waals surface area contributed by atoms with E-state index < -0.39 is 5.97 Å². The Balaban J connectivity index is 1.36. The van der Waals surface area contributed by atoms with Crippen molar-refractivity contribution < 1.29 is 14.6 Å². The molecule has 4 heterocycles. The average Bonchev–Trinajstić information content (AvgIpc) is 3.63. The minimum atomic E-state index is -0.963. The van der Waals surface area contributed by atoms with Crippen molar-refractivity contribution in [3.63, 3.8) is 0 Å². The van der Waals surface area contributed by atoms with E-state index in [9.17, 15) is 9.90 Å². The summed E-state index contributed by atoms with van der Waals surface area (Å²) in [5, 5.41) is 23.8. The predicted octanol–water partition coefficient (Wildman–Crippen LogP) is 8.18. The van der Waals surface area contributed by atoms with Gasteiger partial charge in [-0.15, -0.1) is 23.5 Å². The third kappa shape index (κ3) is 5.46. The van der Waals surface area contributed by atoms with E-state index in [-0.39, 0.29) is 5.69 Å². The lowest BCUT2D eigenvalue weighted by atomic mass is 9.98. The molecule has 0 aliphatic carbocycles. The van der Waals surface area contributed by atoms with E-state index in [4.69, 9.17) is 26.5 Å². The van der Waals surface area contributed by atoms with Crippen molar-refractivity contribution in [2.45, 2.75) is 41.9 Å². The minimum absolute atomic E-state index is 0.271. The molecule has 3 aromatic heterocycles. The molecule has 3 aromatic carbocycles. The highest BCUT2D eigenvalue weighted by Crippen LogP contribution is 2.43. The molecule has 7 rings (SSSR count). The Bertz CT molecular complexity index is 2150. The fourth-order valence-corrected chi connectivity index (χ4v) is 8.62. The lowest BCUT2D eigenvalue weighted by Gasteiger charge is -2.12. The van der Waals surface area contributed by atoms with Crippen LogP contribution in [0.2, 0.25) is 5.02 Å². The number of nitrogens with zero attached hydrogens (tertiary/aromatic N) is 5. The second-order valence-electron chi connectivity index (χ2n) is 11.7. The molecule has 0 saturated heterocycles. The van der Waals surface area contributed by atoms with Crippen LogP contribution in [0.15, 0.2) is 59.5 Å². The number of aromatic nitrogens is 5. The summed E-state index contributed by atoms with van der Waals surface area (Å²) in [5.41, 5.74) is 7.70. The molecule has 1 aliphatic heterocycles. The maximum atomic E-state index is 12.7. The predicted molar refractivity (Wildman–Crippen MR) is 187 cm³/mol. The van der Waals surface area contributed by atoms with Gasteiger partial charge in [-0.05, 0) is 55.0 Å². The number of carbonyl (C=O) groups is 1. The monoisotopic (exact) mass is 671 g/mol. The van der Waals surface area contributed by atoms with Gasteiger partial charge in [-0.25, -0.2) is 4.79 Å². The number of ether oxygens (including phenoxy) is 1. The third-order valence-corrected chi connectivity index (χ3v) is 11.1. The van der Waals surface area contributed by atoms with Gasteiger partial charge in [-0.1, -0.05) is 41.9 Å². The number of hydrogen-bond donors (Lipinski definition) is 1. The van der Waals surface area contributed by atoms with Crippen LogP contribution < -0.4 is 4.74 Å². The summed E-state index contributed by atoms with van der Waals surface area (Å²) in [6.45, 7) is 2.48. The maximum absolute atomic E-state index is 12.7. The van der Waals surface area contributed by atoms with Crippen LogP contribution in [0.5, 0.6) is 5.75 Å². The van der Waals surface area contributed by atoms with Gasteiger partial charge in [0.1, 0.15) is 11.4 Å². The number of hydrogen-bond acceptors (Lipinski definition) is 6. The molecule has 8 nitrogen and oxygen atoms in total. The number of fused-ring (bicyclic) bond motifs is 8. The van der Waals surface area contributed by atoms with E-state index in [1.807, 2.05) is 61.7 Å². The number of aromatic carboxylic acids is 1. The lowest BCUT2D eigenvalue weighted by Crippen LogP contribution is -2.09. The zero-order valence-corrected chi connectivity index (χ0v) is 28.5. The normalized spacial score (nSPS) is 14.3. The number of carboxylic acid groups (broad SMARTS) is 1. The molecule has 11 heteroatoms. The van der Waals surface area contributed by atoms with Gasteiger partial charge >= 0.3 is 5.97 Å². The van der Waals surface area contributed by atoms with E-state index in [0.717, 1.165) is 83.3 Å². The molecule has 0 saturated carbocycles. The van der Waals surface area contributed by atoms with Gasteiger partial charge in [0, 0.05) is 76.6 Å². The molecule has 236 valence electrons. The summed E-state index contributed by atoms with van der Waals surface area (Å²) in [7, 11) is 5.75. The Labute approximate surface area is 280 Å². The minimum Gasteiger partial charge on any atom is -0.493 e. The molecule has 0 amide bonds. The number of aryl methyl sites for hydroxylation is 4. The smallest absolute Gasteiger partial charge is 0.352 e. The van der Waals surface area contributed by atoms with Crippen molar-refractivity contribution in [3.8, 4) is 16.9 Å². The van der Waals surface area contributed by atoms with Crippen LogP contribution in [0, 0.1) is 6.92 Å². The summed E-state index contributed by atoms with van der Waals surface area (Å²) in [6, 6.07) is 18.6. The topological polar surface area (TPSA) is 87.1 Å². The average molecular weight is 672 g/mol. The van der Waals surface area contributed by atoms with Crippen LogP contribution in [0.1, 0.15) is 45.2 Å². The molecular weight excluding hydrogens is 638 g/mol. The van der Waals surface area contributed by atoms with Gasteiger partial charge in [0.05, 0.1) is 28.5 Å². The second kappa shape index (κ2) is 12.4. The third-order valence-electron chi connectivity index (χ3n) is 8.80. The molecule has 0 atom stereocenters. The number of halogens is 1. The van der Waals surface area contributed by atoms with Gasteiger partial charge in [-0.2, -0.15) is 10.2 Å². The van der Waals surface area contributed by atoms with Crippen molar-refractivity contribution in [2.75, 3.05) is 6.61 Å². The quantitative estimate of drug-likeness (QED) is 0.189. The van der Waals surface area contributed by atoms with Crippen LogP contribution in [-0.4, -0.2) is 41.8 Å². The summed E-state index contributed by atoms with van der Waals surface area (Å²) >= 11 is 10.5. The van der Waals surface area contributed by atoms with Gasteiger partial charge in [0.15, 0.2) is 0 Å². The molecule has 6 aromatic rings. The maximum Gasteiger partial charge on any atom is 0.352 e.